The Morgan fingerprint density at radius 3 is 3.06 bits per heavy atom. The minimum absolute atomic E-state index is 0.0329. The molecule has 1 aromatic carbocycles. The summed E-state index contributed by atoms with van der Waals surface area (Å²) >= 11 is 0. The normalized spacial score (nSPS) is 21.4. The van der Waals surface area contributed by atoms with Crippen LogP contribution in [-0.2, 0) is 4.74 Å². The van der Waals surface area contributed by atoms with Gasteiger partial charge in [0.2, 0.25) is 0 Å². The van der Waals surface area contributed by atoms with E-state index in [2.05, 4.69) is 11.4 Å². The molecule has 1 N–H and O–H groups in total. The zero-order valence-corrected chi connectivity index (χ0v) is 9.44. The number of aryl methyl sites for hydroxylation is 1. The van der Waals surface area contributed by atoms with Gasteiger partial charge in [-0.3, -0.25) is 0 Å². The lowest BCUT2D eigenvalue weighted by atomic mass is 10.1. The number of anilines is 1. The van der Waals surface area contributed by atoms with E-state index in [1.807, 2.05) is 31.2 Å². The molecule has 0 spiro atoms. The summed E-state index contributed by atoms with van der Waals surface area (Å²) in [5.74, 6) is 0. The fraction of sp³-hybridized carbons (Fsp3) is 0.462. The lowest BCUT2D eigenvalue weighted by molar-refractivity contribution is 0.107. The quantitative estimate of drug-likeness (QED) is 0.844. The first-order valence-electron chi connectivity index (χ1n) is 5.64. The largest absolute Gasteiger partial charge is 0.375 e. The third kappa shape index (κ3) is 2.53. The van der Waals surface area contributed by atoms with Crippen LogP contribution in [-0.4, -0.2) is 18.8 Å². The zero-order chi connectivity index (χ0) is 11.4. The molecular weight excluding hydrogens is 200 g/mol. The summed E-state index contributed by atoms with van der Waals surface area (Å²) in [7, 11) is 0. The number of rotatable bonds is 3. The second-order valence-corrected chi connectivity index (χ2v) is 4.17. The number of hydrogen-bond donors (Lipinski definition) is 1. The molecule has 2 atom stereocenters. The molecule has 3 nitrogen and oxygen atoms in total. The van der Waals surface area contributed by atoms with E-state index >= 15 is 0 Å². The fourth-order valence-corrected chi connectivity index (χ4v) is 1.99. The van der Waals surface area contributed by atoms with Gasteiger partial charge in [-0.15, -0.1) is 0 Å². The van der Waals surface area contributed by atoms with Gasteiger partial charge in [0.1, 0.15) is 6.04 Å². The van der Waals surface area contributed by atoms with Gasteiger partial charge in [0.05, 0.1) is 12.2 Å². The molecular formula is C13H16N2O. The highest BCUT2D eigenvalue weighted by Gasteiger charge is 2.25. The molecule has 0 amide bonds. The molecule has 0 saturated carbocycles. The van der Waals surface area contributed by atoms with Gasteiger partial charge in [-0.05, 0) is 37.5 Å². The van der Waals surface area contributed by atoms with Gasteiger partial charge in [-0.1, -0.05) is 12.1 Å². The maximum atomic E-state index is 9.12. The molecule has 1 heterocycles. The second kappa shape index (κ2) is 5.00. The summed E-state index contributed by atoms with van der Waals surface area (Å²) in [6.07, 6.45) is 2.06. The molecule has 84 valence electrons. The lowest BCUT2D eigenvalue weighted by Gasteiger charge is -2.18. The van der Waals surface area contributed by atoms with Gasteiger partial charge < -0.3 is 10.1 Å². The van der Waals surface area contributed by atoms with E-state index < -0.39 is 0 Å². The van der Waals surface area contributed by atoms with Crippen molar-refractivity contribution in [1.82, 2.24) is 0 Å². The highest BCUT2D eigenvalue weighted by molar-refractivity contribution is 5.47. The Morgan fingerprint density at radius 2 is 2.44 bits per heavy atom. The molecule has 1 fully saturated rings. The van der Waals surface area contributed by atoms with E-state index in [-0.39, 0.29) is 12.1 Å². The van der Waals surface area contributed by atoms with Crippen molar-refractivity contribution in [2.45, 2.75) is 31.9 Å². The summed E-state index contributed by atoms with van der Waals surface area (Å²) in [4.78, 5) is 0. The van der Waals surface area contributed by atoms with Gasteiger partial charge in [0, 0.05) is 12.3 Å². The van der Waals surface area contributed by atoms with Crippen molar-refractivity contribution >= 4 is 5.69 Å². The van der Waals surface area contributed by atoms with E-state index in [9.17, 15) is 0 Å². The van der Waals surface area contributed by atoms with Crippen LogP contribution in [0.15, 0.2) is 24.3 Å². The Morgan fingerprint density at radius 1 is 1.56 bits per heavy atom. The average Bonchev–Trinajstić information content (AvgIpc) is 2.79. The SMILES string of the molecule is Cc1cccc(NC(C#N)C2CCCO2)c1. The Hall–Kier alpha value is -1.53. The van der Waals surface area contributed by atoms with Gasteiger partial charge in [-0.25, -0.2) is 0 Å². The predicted molar refractivity (Wildman–Crippen MR) is 63.2 cm³/mol. The molecule has 1 aromatic rings. The first-order valence-corrected chi connectivity index (χ1v) is 5.64. The van der Waals surface area contributed by atoms with Gasteiger partial charge in [0.25, 0.3) is 0 Å². The standard InChI is InChI=1S/C13H16N2O/c1-10-4-2-5-11(8-10)15-12(9-14)13-6-3-7-16-13/h2,4-5,8,12-13,15H,3,6-7H2,1H3. The lowest BCUT2D eigenvalue weighted by Crippen LogP contribution is -2.31. The van der Waals surface area contributed by atoms with Crippen LogP contribution in [0.25, 0.3) is 0 Å². The predicted octanol–water partition coefficient (Wildman–Crippen LogP) is 2.48. The molecule has 0 bridgehead atoms. The Bertz CT molecular complexity index is 391. The summed E-state index contributed by atoms with van der Waals surface area (Å²) < 4.78 is 5.52. The second-order valence-electron chi connectivity index (χ2n) is 4.17. The molecule has 3 heteroatoms. The molecule has 1 aliphatic heterocycles. The van der Waals surface area contributed by atoms with E-state index in [0.29, 0.717) is 0 Å². The van der Waals surface area contributed by atoms with Crippen LogP contribution in [0, 0.1) is 18.3 Å². The number of nitrogens with one attached hydrogen (secondary N) is 1. The van der Waals surface area contributed by atoms with Crippen LogP contribution in [0.5, 0.6) is 0 Å². The Balaban J connectivity index is 2.04. The highest BCUT2D eigenvalue weighted by atomic mass is 16.5. The smallest absolute Gasteiger partial charge is 0.141 e. The molecule has 2 rings (SSSR count). The van der Waals surface area contributed by atoms with Crippen LogP contribution in [0.3, 0.4) is 0 Å². The summed E-state index contributed by atoms with van der Waals surface area (Å²) in [5.41, 5.74) is 2.18. The molecule has 1 aliphatic rings. The molecule has 0 aromatic heterocycles. The minimum atomic E-state index is -0.246. The van der Waals surface area contributed by atoms with E-state index in [0.717, 1.165) is 25.1 Å². The van der Waals surface area contributed by atoms with Crippen LogP contribution in [0.2, 0.25) is 0 Å². The summed E-state index contributed by atoms with van der Waals surface area (Å²) in [5, 5.41) is 12.3. The van der Waals surface area contributed by atoms with Gasteiger partial charge in [-0.2, -0.15) is 5.26 Å². The van der Waals surface area contributed by atoms with Crippen molar-refractivity contribution in [1.29, 1.82) is 5.26 Å². The molecule has 0 aliphatic carbocycles. The van der Waals surface area contributed by atoms with Crippen molar-refractivity contribution in [3.8, 4) is 6.07 Å². The van der Waals surface area contributed by atoms with Crippen LogP contribution in [0.1, 0.15) is 18.4 Å². The Kier molecular flexibility index (Phi) is 3.43. The van der Waals surface area contributed by atoms with Gasteiger partial charge >= 0.3 is 0 Å². The molecule has 1 saturated heterocycles. The highest BCUT2D eigenvalue weighted by Crippen LogP contribution is 2.19. The summed E-state index contributed by atoms with van der Waals surface area (Å²) in [6.45, 7) is 2.82. The van der Waals surface area contributed by atoms with Crippen molar-refractivity contribution in [3.63, 3.8) is 0 Å². The van der Waals surface area contributed by atoms with Gasteiger partial charge in [0.15, 0.2) is 0 Å². The van der Waals surface area contributed by atoms with Crippen LogP contribution in [0.4, 0.5) is 5.69 Å². The van der Waals surface area contributed by atoms with Crippen molar-refractivity contribution in [2.75, 3.05) is 11.9 Å². The van der Waals surface area contributed by atoms with Crippen molar-refractivity contribution < 1.29 is 4.74 Å². The van der Waals surface area contributed by atoms with Crippen molar-refractivity contribution in [2.24, 2.45) is 0 Å². The van der Waals surface area contributed by atoms with Crippen LogP contribution < -0.4 is 5.32 Å². The minimum Gasteiger partial charge on any atom is -0.375 e. The number of ether oxygens (including phenoxy) is 1. The monoisotopic (exact) mass is 216 g/mol. The number of nitriles is 1. The fourth-order valence-electron chi connectivity index (χ4n) is 1.99. The number of hydrogen-bond acceptors (Lipinski definition) is 3. The van der Waals surface area contributed by atoms with E-state index in [1.54, 1.807) is 0 Å². The molecule has 16 heavy (non-hydrogen) atoms. The van der Waals surface area contributed by atoms with Crippen molar-refractivity contribution in [3.05, 3.63) is 29.8 Å². The number of nitrogens with zero attached hydrogens (tertiary/aromatic N) is 1. The first kappa shape index (κ1) is 11.0. The molecule has 0 radical (unpaired) electrons. The Labute approximate surface area is 96.0 Å². The van der Waals surface area contributed by atoms with E-state index in [4.69, 9.17) is 10.00 Å². The first-order chi connectivity index (χ1) is 7.79. The topological polar surface area (TPSA) is 45.0 Å². The third-order valence-corrected chi connectivity index (χ3v) is 2.82. The maximum Gasteiger partial charge on any atom is 0.141 e. The van der Waals surface area contributed by atoms with Crippen LogP contribution >= 0.6 is 0 Å². The third-order valence-electron chi connectivity index (χ3n) is 2.82. The zero-order valence-electron chi connectivity index (χ0n) is 9.44. The maximum absolute atomic E-state index is 9.12. The summed E-state index contributed by atoms with van der Waals surface area (Å²) in [6, 6.07) is 10.1. The average molecular weight is 216 g/mol. The molecule has 2 unspecified atom stereocenters. The van der Waals surface area contributed by atoms with E-state index in [1.165, 1.54) is 5.56 Å². The number of benzene rings is 1.